The number of rotatable bonds is 11. The molecule has 0 fully saturated rings. The van der Waals surface area contributed by atoms with E-state index in [1.807, 2.05) is 30.3 Å². The maximum Gasteiger partial charge on any atom is 0.408 e. The molecule has 3 aromatic rings. The van der Waals surface area contributed by atoms with Crippen LogP contribution in [0.5, 0.6) is 11.5 Å². The minimum absolute atomic E-state index is 0.0278. The van der Waals surface area contributed by atoms with Gasteiger partial charge in [-0.05, 0) is 61.7 Å². The lowest BCUT2D eigenvalue weighted by Gasteiger charge is -2.34. The number of ether oxygens (including phenoxy) is 1. The zero-order valence-corrected chi connectivity index (χ0v) is 23.5. The molecule has 4 N–H and O–H groups in total. The summed E-state index contributed by atoms with van der Waals surface area (Å²) in [7, 11) is 0. The van der Waals surface area contributed by atoms with Crippen LogP contribution >= 0.6 is 0 Å². The number of carbonyl (C=O) groups excluding carboxylic acids is 3. The van der Waals surface area contributed by atoms with Crippen LogP contribution in [0.4, 0.5) is 4.79 Å². The Kier molecular flexibility index (Phi) is 10.5. The number of benzene rings is 3. The number of alkyl carbamates (subject to hydrolysis) is 1. The minimum atomic E-state index is -1.15. The highest BCUT2D eigenvalue weighted by Crippen LogP contribution is 2.26. The van der Waals surface area contributed by atoms with Crippen LogP contribution in [-0.4, -0.2) is 51.2 Å². The molecule has 0 aromatic heterocycles. The normalized spacial score (nSPS) is 12.5. The monoisotopic (exact) mass is 559 g/mol. The Morgan fingerprint density at radius 2 is 1.61 bits per heavy atom. The lowest BCUT2D eigenvalue weighted by Crippen LogP contribution is -2.53. The number of carbonyl (C=O) groups is 3. The number of aromatic hydroxyl groups is 2. The largest absolute Gasteiger partial charge is 0.508 e. The van der Waals surface area contributed by atoms with Gasteiger partial charge in [-0.15, -0.1) is 6.58 Å². The van der Waals surface area contributed by atoms with Crippen molar-refractivity contribution in [2.45, 2.75) is 51.4 Å². The van der Waals surface area contributed by atoms with Crippen molar-refractivity contribution < 1.29 is 29.3 Å². The highest BCUT2D eigenvalue weighted by Gasteiger charge is 2.36. The highest BCUT2D eigenvalue weighted by molar-refractivity contribution is 5.92. The molecular weight excluding hydrogens is 522 g/mol. The molecular formula is C32H37N3O6. The quantitative estimate of drug-likeness (QED) is 0.254. The van der Waals surface area contributed by atoms with Crippen LogP contribution in [-0.2, 0) is 27.3 Å². The van der Waals surface area contributed by atoms with Crippen LogP contribution in [0, 0.1) is 0 Å². The van der Waals surface area contributed by atoms with Crippen LogP contribution in [0.3, 0.4) is 0 Å². The third kappa shape index (κ3) is 9.42. The molecule has 2 atom stereocenters. The summed E-state index contributed by atoms with van der Waals surface area (Å²) in [6, 6.07) is 19.4. The van der Waals surface area contributed by atoms with Crippen molar-refractivity contribution in [1.82, 2.24) is 15.5 Å². The first-order chi connectivity index (χ1) is 19.5. The predicted molar refractivity (Wildman–Crippen MR) is 156 cm³/mol. The zero-order valence-electron chi connectivity index (χ0n) is 23.5. The molecule has 0 heterocycles. The van der Waals surface area contributed by atoms with E-state index < -0.39 is 35.6 Å². The van der Waals surface area contributed by atoms with Crippen molar-refractivity contribution >= 4 is 17.9 Å². The number of amides is 3. The average Bonchev–Trinajstić information content (AvgIpc) is 2.91. The van der Waals surface area contributed by atoms with Crippen LogP contribution in [0.15, 0.2) is 91.5 Å². The Morgan fingerprint density at radius 3 is 2.22 bits per heavy atom. The molecule has 0 bridgehead atoms. The molecule has 9 heteroatoms. The SMILES string of the molecule is C=CCN(C(=O)C(Cc1ccc(O)cc1)NC(=O)OC(C)(C)C)C(C(=O)NCc1ccccc1)c1cccc(O)c1. The van der Waals surface area contributed by atoms with Crippen molar-refractivity contribution in [2.24, 2.45) is 0 Å². The fourth-order valence-corrected chi connectivity index (χ4v) is 4.23. The van der Waals surface area contributed by atoms with Crippen molar-refractivity contribution in [3.63, 3.8) is 0 Å². The molecule has 3 amide bonds. The van der Waals surface area contributed by atoms with Gasteiger partial charge in [-0.1, -0.05) is 60.7 Å². The number of hydrogen-bond acceptors (Lipinski definition) is 6. The lowest BCUT2D eigenvalue weighted by atomic mass is 10.00. The molecule has 3 aromatic carbocycles. The fraction of sp³-hybridized carbons (Fsp3) is 0.281. The van der Waals surface area contributed by atoms with E-state index in [2.05, 4.69) is 17.2 Å². The summed E-state index contributed by atoms with van der Waals surface area (Å²) >= 11 is 0. The molecule has 0 radical (unpaired) electrons. The summed E-state index contributed by atoms with van der Waals surface area (Å²) in [4.78, 5) is 42.0. The molecule has 216 valence electrons. The van der Waals surface area contributed by atoms with Crippen molar-refractivity contribution in [3.8, 4) is 11.5 Å². The standard InChI is InChI=1S/C32H37N3O6/c1-5-18-35(28(24-12-9-13-26(37)20-24)29(38)33-21-23-10-7-6-8-11-23)30(39)27(34-31(40)41-32(2,3)4)19-22-14-16-25(36)17-15-22/h5-17,20,27-28,36-37H,1,18-19,21H2,2-4H3,(H,33,38)(H,34,40). The molecule has 0 aliphatic rings. The van der Waals surface area contributed by atoms with E-state index in [4.69, 9.17) is 4.74 Å². The molecule has 9 nitrogen and oxygen atoms in total. The molecule has 0 saturated carbocycles. The van der Waals surface area contributed by atoms with E-state index in [1.54, 1.807) is 45.0 Å². The van der Waals surface area contributed by atoms with Crippen molar-refractivity contribution in [3.05, 3.63) is 108 Å². The highest BCUT2D eigenvalue weighted by atomic mass is 16.6. The third-order valence-corrected chi connectivity index (χ3v) is 6.03. The van der Waals surface area contributed by atoms with Gasteiger partial charge in [-0.2, -0.15) is 0 Å². The van der Waals surface area contributed by atoms with Gasteiger partial charge in [0.1, 0.15) is 29.2 Å². The summed E-state index contributed by atoms with van der Waals surface area (Å²) in [6.07, 6.45) is 0.754. The molecule has 0 aliphatic carbocycles. The molecule has 0 spiro atoms. The van der Waals surface area contributed by atoms with Gasteiger partial charge in [0.15, 0.2) is 0 Å². The first-order valence-corrected chi connectivity index (χ1v) is 13.3. The van der Waals surface area contributed by atoms with Gasteiger partial charge < -0.3 is 30.5 Å². The van der Waals surface area contributed by atoms with E-state index in [1.165, 1.54) is 35.2 Å². The zero-order chi connectivity index (χ0) is 30.0. The molecule has 41 heavy (non-hydrogen) atoms. The van der Waals surface area contributed by atoms with Gasteiger partial charge >= 0.3 is 6.09 Å². The first-order valence-electron chi connectivity index (χ1n) is 13.3. The number of nitrogens with zero attached hydrogens (tertiary/aromatic N) is 1. The second-order valence-electron chi connectivity index (χ2n) is 10.5. The first kappa shape index (κ1) is 30.7. The number of hydrogen-bond donors (Lipinski definition) is 4. The van der Waals surface area contributed by atoms with Crippen LogP contribution in [0.1, 0.15) is 43.5 Å². The summed E-state index contributed by atoms with van der Waals surface area (Å²) in [5.74, 6) is -1.05. The molecule has 0 saturated heterocycles. The smallest absolute Gasteiger partial charge is 0.408 e. The maximum atomic E-state index is 14.2. The fourth-order valence-electron chi connectivity index (χ4n) is 4.23. The van der Waals surface area contributed by atoms with Crippen LogP contribution in [0.2, 0.25) is 0 Å². The summed E-state index contributed by atoms with van der Waals surface area (Å²) in [5, 5.41) is 25.5. The third-order valence-electron chi connectivity index (χ3n) is 6.03. The van der Waals surface area contributed by atoms with E-state index in [-0.39, 0.29) is 31.0 Å². The van der Waals surface area contributed by atoms with E-state index in [9.17, 15) is 24.6 Å². The molecule has 3 rings (SSSR count). The Labute approximate surface area is 240 Å². The maximum absolute atomic E-state index is 14.2. The predicted octanol–water partition coefficient (Wildman–Crippen LogP) is 4.61. The van der Waals surface area contributed by atoms with Gasteiger partial charge in [0.25, 0.3) is 0 Å². The topological polar surface area (TPSA) is 128 Å². The molecule has 0 aliphatic heterocycles. The summed E-state index contributed by atoms with van der Waals surface area (Å²) < 4.78 is 5.42. The van der Waals surface area contributed by atoms with Crippen molar-refractivity contribution in [2.75, 3.05) is 6.54 Å². The minimum Gasteiger partial charge on any atom is -0.508 e. The Hall–Kier alpha value is -4.79. The van der Waals surface area contributed by atoms with Crippen LogP contribution < -0.4 is 10.6 Å². The number of nitrogens with one attached hydrogen (secondary N) is 2. The van der Waals surface area contributed by atoms with Gasteiger partial charge in [-0.25, -0.2) is 4.79 Å². The van der Waals surface area contributed by atoms with Gasteiger partial charge in [0, 0.05) is 19.5 Å². The lowest BCUT2D eigenvalue weighted by molar-refractivity contribution is -0.141. The Balaban J connectivity index is 1.99. The molecule has 2 unspecified atom stereocenters. The van der Waals surface area contributed by atoms with Gasteiger partial charge in [0.2, 0.25) is 11.8 Å². The average molecular weight is 560 g/mol. The van der Waals surface area contributed by atoms with Crippen LogP contribution in [0.25, 0.3) is 0 Å². The second kappa shape index (κ2) is 14.0. The second-order valence-corrected chi connectivity index (χ2v) is 10.5. The summed E-state index contributed by atoms with van der Waals surface area (Å²) in [6.45, 7) is 9.10. The number of phenols is 2. The van der Waals surface area contributed by atoms with E-state index in [0.717, 1.165) is 5.56 Å². The van der Waals surface area contributed by atoms with Gasteiger partial charge in [0.05, 0.1) is 0 Å². The Bertz CT molecular complexity index is 1340. The van der Waals surface area contributed by atoms with Crippen molar-refractivity contribution in [1.29, 1.82) is 0 Å². The van der Waals surface area contributed by atoms with E-state index >= 15 is 0 Å². The van der Waals surface area contributed by atoms with Gasteiger partial charge in [-0.3, -0.25) is 9.59 Å². The van der Waals surface area contributed by atoms with E-state index in [0.29, 0.717) is 11.1 Å². The summed E-state index contributed by atoms with van der Waals surface area (Å²) in [5.41, 5.74) is 1.11. The number of phenolic OH excluding ortho intramolecular Hbond substituents is 2. The Morgan fingerprint density at radius 1 is 0.927 bits per heavy atom.